The maximum atomic E-state index is 12.1. The molecule has 0 aromatic heterocycles. The first-order valence-electron chi connectivity index (χ1n) is 6.71. The minimum atomic E-state index is 0.273. The number of carbonyl (C=O) groups excluding carboxylic acids is 1. The van der Waals surface area contributed by atoms with Crippen molar-refractivity contribution in [1.29, 1.82) is 0 Å². The van der Waals surface area contributed by atoms with Crippen molar-refractivity contribution in [3.05, 3.63) is 35.9 Å². The lowest BCUT2D eigenvalue weighted by Crippen LogP contribution is -2.35. The van der Waals surface area contributed by atoms with Gasteiger partial charge in [-0.1, -0.05) is 30.3 Å². The number of likely N-dealkylation sites (tertiary alicyclic amines) is 1. The SMILES string of the molecule is CNCCC(=O)N1CC(c2ccccc2)CC1C. The van der Waals surface area contributed by atoms with E-state index < -0.39 is 0 Å². The van der Waals surface area contributed by atoms with Crippen LogP contribution in [0.4, 0.5) is 0 Å². The molecule has 2 atom stereocenters. The topological polar surface area (TPSA) is 32.3 Å². The molecule has 2 rings (SSSR count). The summed E-state index contributed by atoms with van der Waals surface area (Å²) in [6.07, 6.45) is 1.68. The molecule has 1 amide bonds. The van der Waals surface area contributed by atoms with Crippen LogP contribution in [0.2, 0.25) is 0 Å². The molecule has 0 spiro atoms. The molecule has 1 aliphatic rings. The molecule has 0 saturated carbocycles. The van der Waals surface area contributed by atoms with Crippen LogP contribution in [0.3, 0.4) is 0 Å². The molecule has 0 aliphatic carbocycles. The number of carbonyl (C=O) groups is 1. The first-order chi connectivity index (χ1) is 8.72. The second-order valence-electron chi connectivity index (χ2n) is 5.09. The molecular formula is C15H22N2O. The van der Waals surface area contributed by atoms with Crippen LogP contribution in [0, 0.1) is 0 Å². The minimum Gasteiger partial charge on any atom is -0.339 e. The Hall–Kier alpha value is -1.35. The van der Waals surface area contributed by atoms with E-state index in [1.807, 2.05) is 18.0 Å². The van der Waals surface area contributed by atoms with Gasteiger partial charge < -0.3 is 10.2 Å². The van der Waals surface area contributed by atoms with Gasteiger partial charge in [0, 0.05) is 31.5 Å². The van der Waals surface area contributed by atoms with Crippen LogP contribution in [0.1, 0.15) is 31.2 Å². The smallest absolute Gasteiger partial charge is 0.224 e. The lowest BCUT2D eigenvalue weighted by Gasteiger charge is -2.21. The summed E-state index contributed by atoms with van der Waals surface area (Å²) in [4.78, 5) is 14.1. The zero-order valence-corrected chi connectivity index (χ0v) is 11.2. The van der Waals surface area contributed by atoms with Gasteiger partial charge in [0.1, 0.15) is 0 Å². The minimum absolute atomic E-state index is 0.273. The van der Waals surface area contributed by atoms with Gasteiger partial charge in [-0.25, -0.2) is 0 Å². The third kappa shape index (κ3) is 2.91. The molecule has 1 aromatic rings. The van der Waals surface area contributed by atoms with E-state index in [0.717, 1.165) is 19.5 Å². The van der Waals surface area contributed by atoms with Crippen molar-refractivity contribution in [2.75, 3.05) is 20.1 Å². The lowest BCUT2D eigenvalue weighted by molar-refractivity contribution is -0.131. The average molecular weight is 246 g/mol. The van der Waals surface area contributed by atoms with E-state index in [9.17, 15) is 4.79 Å². The Kier molecular flexibility index (Phi) is 4.37. The van der Waals surface area contributed by atoms with Crippen LogP contribution < -0.4 is 5.32 Å². The van der Waals surface area contributed by atoms with Crippen LogP contribution in [0.5, 0.6) is 0 Å². The summed E-state index contributed by atoms with van der Waals surface area (Å²) in [5, 5.41) is 3.03. The second-order valence-corrected chi connectivity index (χ2v) is 5.09. The van der Waals surface area contributed by atoms with Gasteiger partial charge >= 0.3 is 0 Å². The molecule has 1 aromatic carbocycles. The zero-order chi connectivity index (χ0) is 13.0. The van der Waals surface area contributed by atoms with Crippen molar-refractivity contribution in [1.82, 2.24) is 10.2 Å². The van der Waals surface area contributed by atoms with Gasteiger partial charge in [0.05, 0.1) is 0 Å². The molecule has 1 heterocycles. The van der Waals surface area contributed by atoms with Gasteiger partial charge in [-0.05, 0) is 26.0 Å². The van der Waals surface area contributed by atoms with Gasteiger partial charge in [0.25, 0.3) is 0 Å². The summed E-state index contributed by atoms with van der Waals surface area (Å²) in [5.74, 6) is 0.773. The van der Waals surface area contributed by atoms with Gasteiger partial charge in [-0.3, -0.25) is 4.79 Å². The quantitative estimate of drug-likeness (QED) is 0.881. The molecule has 3 heteroatoms. The monoisotopic (exact) mass is 246 g/mol. The number of nitrogens with zero attached hydrogens (tertiary/aromatic N) is 1. The average Bonchev–Trinajstić information content (AvgIpc) is 2.79. The van der Waals surface area contributed by atoms with Crippen molar-refractivity contribution < 1.29 is 4.79 Å². The molecule has 1 N–H and O–H groups in total. The number of hydrogen-bond acceptors (Lipinski definition) is 2. The summed E-state index contributed by atoms with van der Waals surface area (Å²) in [7, 11) is 1.88. The van der Waals surface area contributed by atoms with Crippen LogP contribution in [-0.2, 0) is 4.79 Å². The van der Waals surface area contributed by atoms with E-state index in [1.165, 1.54) is 5.56 Å². The fourth-order valence-electron chi connectivity index (χ4n) is 2.72. The molecule has 98 valence electrons. The van der Waals surface area contributed by atoms with E-state index in [-0.39, 0.29) is 5.91 Å². The van der Waals surface area contributed by atoms with Crippen molar-refractivity contribution in [3.63, 3.8) is 0 Å². The molecule has 1 aliphatic heterocycles. The fraction of sp³-hybridized carbons (Fsp3) is 0.533. The summed E-state index contributed by atoms with van der Waals surface area (Å²) < 4.78 is 0. The van der Waals surface area contributed by atoms with Crippen molar-refractivity contribution >= 4 is 5.91 Å². The predicted octanol–water partition coefficient (Wildman–Crippen LogP) is 2.00. The highest BCUT2D eigenvalue weighted by atomic mass is 16.2. The normalized spacial score (nSPS) is 23.3. The third-order valence-electron chi connectivity index (χ3n) is 3.75. The summed E-state index contributed by atoms with van der Waals surface area (Å²) in [6.45, 7) is 3.78. The molecule has 0 radical (unpaired) electrons. The standard InChI is InChI=1S/C15H22N2O/c1-12-10-14(13-6-4-3-5-7-13)11-17(12)15(18)8-9-16-2/h3-7,12,14,16H,8-11H2,1-2H3. The van der Waals surface area contributed by atoms with Gasteiger partial charge in [-0.2, -0.15) is 0 Å². The van der Waals surface area contributed by atoms with Crippen LogP contribution >= 0.6 is 0 Å². The first kappa shape index (κ1) is 13.1. The Morgan fingerprint density at radius 3 is 2.78 bits per heavy atom. The maximum absolute atomic E-state index is 12.1. The third-order valence-corrected chi connectivity index (χ3v) is 3.75. The Morgan fingerprint density at radius 1 is 1.39 bits per heavy atom. The maximum Gasteiger partial charge on any atom is 0.224 e. The Balaban J connectivity index is 1.98. The molecule has 3 nitrogen and oxygen atoms in total. The van der Waals surface area contributed by atoms with Crippen molar-refractivity contribution in [3.8, 4) is 0 Å². The number of benzene rings is 1. The first-order valence-corrected chi connectivity index (χ1v) is 6.71. The van der Waals surface area contributed by atoms with E-state index in [0.29, 0.717) is 18.4 Å². The number of nitrogens with one attached hydrogen (secondary N) is 1. The molecular weight excluding hydrogens is 224 g/mol. The van der Waals surface area contributed by atoms with Crippen molar-refractivity contribution in [2.24, 2.45) is 0 Å². The van der Waals surface area contributed by atoms with E-state index in [4.69, 9.17) is 0 Å². The van der Waals surface area contributed by atoms with Gasteiger partial charge in [0.2, 0.25) is 5.91 Å². The van der Waals surface area contributed by atoms with E-state index >= 15 is 0 Å². The van der Waals surface area contributed by atoms with E-state index in [2.05, 4.69) is 36.5 Å². The highest BCUT2D eigenvalue weighted by Crippen LogP contribution is 2.31. The Bertz CT molecular complexity index is 391. The summed E-state index contributed by atoms with van der Waals surface area (Å²) in [6, 6.07) is 10.9. The predicted molar refractivity (Wildman–Crippen MR) is 73.5 cm³/mol. The van der Waals surface area contributed by atoms with Crippen molar-refractivity contribution in [2.45, 2.75) is 31.7 Å². The summed E-state index contributed by atoms with van der Waals surface area (Å²) in [5.41, 5.74) is 1.35. The van der Waals surface area contributed by atoms with Crippen LogP contribution in [-0.4, -0.2) is 37.0 Å². The van der Waals surface area contributed by atoms with E-state index in [1.54, 1.807) is 0 Å². The number of hydrogen-bond donors (Lipinski definition) is 1. The number of amides is 1. The van der Waals surface area contributed by atoms with Gasteiger partial charge in [0.15, 0.2) is 0 Å². The largest absolute Gasteiger partial charge is 0.339 e. The molecule has 0 bridgehead atoms. The number of rotatable bonds is 4. The second kappa shape index (κ2) is 6.01. The molecule has 1 saturated heterocycles. The molecule has 18 heavy (non-hydrogen) atoms. The Labute approximate surface area is 109 Å². The molecule has 1 fully saturated rings. The fourth-order valence-corrected chi connectivity index (χ4v) is 2.72. The van der Waals surface area contributed by atoms with Crippen LogP contribution in [0.25, 0.3) is 0 Å². The highest BCUT2D eigenvalue weighted by molar-refractivity contribution is 5.77. The summed E-state index contributed by atoms with van der Waals surface area (Å²) >= 11 is 0. The highest BCUT2D eigenvalue weighted by Gasteiger charge is 2.32. The zero-order valence-electron chi connectivity index (χ0n) is 11.2. The lowest BCUT2D eigenvalue weighted by atomic mass is 9.97. The van der Waals surface area contributed by atoms with Crippen LogP contribution in [0.15, 0.2) is 30.3 Å². The molecule has 2 unspecified atom stereocenters. The van der Waals surface area contributed by atoms with Gasteiger partial charge in [-0.15, -0.1) is 0 Å². The Morgan fingerprint density at radius 2 is 2.11 bits per heavy atom.